The highest BCUT2D eigenvalue weighted by molar-refractivity contribution is 5.74. The predicted molar refractivity (Wildman–Crippen MR) is 173 cm³/mol. The topological polar surface area (TPSA) is 60.4 Å². The van der Waals surface area contributed by atoms with Gasteiger partial charge in [0.05, 0.1) is 24.0 Å². The zero-order valence-corrected chi connectivity index (χ0v) is 27.7. The molecule has 0 spiro atoms. The normalized spacial score (nSPS) is 42.5. The fraction of sp³-hybridized carbons (Fsp3) is 0.769. The van der Waals surface area contributed by atoms with Gasteiger partial charge in [0.2, 0.25) is 0 Å². The highest BCUT2D eigenvalue weighted by Gasteiger charge is 2.55. The van der Waals surface area contributed by atoms with Gasteiger partial charge in [-0.15, -0.1) is 0 Å². The number of hydrogen-bond donors (Lipinski definition) is 0. The molecule has 0 aromatic rings. The molecule has 4 nitrogen and oxygen atoms in total. The fourth-order valence-corrected chi connectivity index (χ4v) is 11.3. The number of hydrogen-bond acceptors (Lipinski definition) is 4. The molecule has 0 amide bonds. The van der Waals surface area contributed by atoms with Crippen molar-refractivity contribution in [2.75, 3.05) is 0 Å². The van der Waals surface area contributed by atoms with Crippen LogP contribution in [0.25, 0.3) is 0 Å². The molecule has 1 heterocycles. The van der Waals surface area contributed by atoms with Crippen LogP contribution in [0.5, 0.6) is 0 Å². The molecule has 1 aliphatic heterocycles. The number of carbonyl (C=O) groups is 3. The van der Waals surface area contributed by atoms with E-state index in [4.69, 9.17) is 4.74 Å². The molecule has 5 aliphatic rings. The number of allylic oxidation sites excluding steroid dienone is 3. The van der Waals surface area contributed by atoms with E-state index in [0.29, 0.717) is 46.5 Å². The lowest BCUT2D eigenvalue weighted by Gasteiger charge is -2.58. The van der Waals surface area contributed by atoms with Crippen LogP contribution < -0.4 is 0 Å². The molecule has 4 heteroatoms. The zero-order valence-electron chi connectivity index (χ0n) is 27.7. The third-order valence-corrected chi connectivity index (χ3v) is 13.7. The van der Waals surface area contributed by atoms with Crippen LogP contribution in [0.4, 0.5) is 0 Å². The highest BCUT2D eigenvalue weighted by atomic mass is 16.5. The molecule has 5 rings (SSSR count). The molecular formula is C39H58O4. The van der Waals surface area contributed by atoms with Gasteiger partial charge < -0.3 is 14.3 Å². The first-order valence-electron chi connectivity index (χ1n) is 17.4. The van der Waals surface area contributed by atoms with Gasteiger partial charge in [0.1, 0.15) is 18.9 Å². The highest BCUT2D eigenvalue weighted by Crippen LogP contribution is 2.62. The first-order valence-corrected chi connectivity index (χ1v) is 17.4. The van der Waals surface area contributed by atoms with Gasteiger partial charge in [-0.25, -0.2) is 0 Å². The Morgan fingerprint density at radius 2 is 1.51 bits per heavy atom. The van der Waals surface area contributed by atoms with E-state index in [2.05, 4.69) is 53.9 Å². The SMILES string of the molecule is C=C1CCC2C(CCCC2(C)C)C1CC=C(C=O)CC1OC(CC2C(=C)CCC3C(C)(C)CCCC23C)C(C=O)C1C=O. The molecule has 0 N–H and O–H groups in total. The summed E-state index contributed by atoms with van der Waals surface area (Å²) in [6.45, 7) is 21.1. The number of aldehydes is 3. The summed E-state index contributed by atoms with van der Waals surface area (Å²) in [6.07, 6.45) is 18.0. The summed E-state index contributed by atoms with van der Waals surface area (Å²) in [4.78, 5) is 37.3. The van der Waals surface area contributed by atoms with Crippen LogP contribution in [-0.4, -0.2) is 31.1 Å². The minimum atomic E-state index is -0.526. The Morgan fingerprint density at radius 1 is 0.837 bits per heavy atom. The molecule has 4 aliphatic carbocycles. The van der Waals surface area contributed by atoms with E-state index in [1.807, 2.05) is 0 Å². The summed E-state index contributed by atoms with van der Waals surface area (Å²) in [5, 5.41) is 0. The van der Waals surface area contributed by atoms with Gasteiger partial charge in [-0.2, -0.15) is 0 Å². The predicted octanol–water partition coefficient (Wildman–Crippen LogP) is 8.89. The first-order chi connectivity index (χ1) is 20.4. The van der Waals surface area contributed by atoms with Crippen molar-refractivity contribution >= 4 is 18.9 Å². The van der Waals surface area contributed by atoms with E-state index >= 15 is 0 Å². The Kier molecular flexibility index (Phi) is 9.49. The van der Waals surface area contributed by atoms with Crippen molar-refractivity contribution in [2.45, 2.75) is 130 Å². The summed E-state index contributed by atoms with van der Waals surface area (Å²) < 4.78 is 6.63. The maximum atomic E-state index is 12.5. The number of ether oxygens (including phenoxy) is 1. The molecule has 0 bridgehead atoms. The van der Waals surface area contributed by atoms with Gasteiger partial charge in [0, 0.05) is 6.42 Å². The van der Waals surface area contributed by atoms with E-state index in [0.717, 1.165) is 44.5 Å². The lowest BCUT2D eigenvalue weighted by molar-refractivity contribution is -0.119. The van der Waals surface area contributed by atoms with Crippen molar-refractivity contribution in [3.05, 3.63) is 36.0 Å². The number of carbonyl (C=O) groups excluding carboxylic acids is 3. The Balaban J connectivity index is 1.31. The van der Waals surface area contributed by atoms with Crippen LogP contribution in [0.2, 0.25) is 0 Å². The molecule has 4 saturated carbocycles. The molecule has 43 heavy (non-hydrogen) atoms. The minimum absolute atomic E-state index is 0.129. The number of rotatable bonds is 9. The van der Waals surface area contributed by atoms with Gasteiger partial charge in [0.25, 0.3) is 0 Å². The maximum absolute atomic E-state index is 12.5. The monoisotopic (exact) mass is 590 g/mol. The van der Waals surface area contributed by atoms with Crippen LogP contribution in [0.15, 0.2) is 36.0 Å². The van der Waals surface area contributed by atoms with E-state index in [1.165, 1.54) is 62.5 Å². The second-order valence-corrected chi connectivity index (χ2v) is 16.8. The van der Waals surface area contributed by atoms with E-state index in [9.17, 15) is 14.4 Å². The zero-order chi connectivity index (χ0) is 31.2. The average molecular weight is 591 g/mol. The molecule has 238 valence electrons. The largest absolute Gasteiger partial charge is 0.373 e. The first kappa shape index (κ1) is 32.6. The van der Waals surface area contributed by atoms with Crippen LogP contribution >= 0.6 is 0 Å². The summed E-state index contributed by atoms with van der Waals surface area (Å²) in [5.41, 5.74) is 4.08. The van der Waals surface area contributed by atoms with Crippen molar-refractivity contribution < 1.29 is 19.1 Å². The summed E-state index contributed by atoms with van der Waals surface area (Å²) in [5.74, 6) is 1.63. The molecular weight excluding hydrogens is 532 g/mol. The second kappa shape index (κ2) is 12.5. The Labute approximate surface area is 261 Å². The van der Waals surface area contributed by atoms with Crippen molar-refractivity contribution in [3.63, 3.8) is 0 Å². The van der Waals surface area contributed by atoms with Crippen LogP contribution in [0, 0.1) is 57.7 Å². The van der Waals surface area contributed by atoms with Gasteiger partial charge in [0.15, 0.2) is 0 Å². The second-order valence-electron chi connectivity index (χ2n) is 16.8. The molecule has 1 saturated heterocycles. The van der Waals surface area contributed by atoms with Crippen LogP contribution in [0.3, 0.4) is 0 Å². The van der Waals surface area contributed by atoms with E-state index < -0.39 is 17.9 Å². The molecule has 10 atom stereocenters. The quantitative estimate of drug-likeness (QED) is 0.153. The van der Waals surface area contributed by atoms with Crippen molar-refractivity contribution in [2.24, 2.45) is 57.7 Å². The van der Waals surface area contributed by atoms with Gasteiger partial charge in [-0.3, -0.25) is 4.79 Å². The number of fused-ring (bicyclic) bond motifs is 2. The Hall–Kier alpha value is -1.81. The van der Waals surface area contributed by atoms with Crippen LogP contribution in [-0.2, 0) is 19.1 Å². The summed E-state index contributed by atoms with van der Waals surface area (Å²) >= 11 is 0. The maximum Gasteiger partial charge on any atom is 0.145 e. The third kappa shape index (κ3) is 6.08. The Bertz CT molecular complexity index is 1130. The smallest absolute Gasteiger partial charge is 0.145 e. The fourth-order valence-electron chi connectivity index (χ4n) is 11.3. The van der Waals surface area contributed by atoms with Crippen molar-refractivity contribution in [1.29, 1.82) is 0 Å². The van der Waals surface area contributed by atoms with Gasteiger partial charge >= 0.3 is 0 Å². The lowest BCUT2D eigenvalue weighted by atomic mass is 9.47. The van der Waals surface area contributed by atoms with E-state index in [1.54, 1.807) is 0 Å². The van der Waals surface area contributed by atoms with Gasteiger partial charge in [-0.1, -0.05) is 77.8 Å². The molecule has 0 aromatic carbocycles. The third-order valence-electron chi connectivity index (χ3n) is 13.7. The van der Waals surface area contributed by atoms with E-state index in [-0.39, 0.29) is 17.4 Å². The van der Waals surface area contributed by atoms with Crippen molar-refractivity contribution in [3.8, 4) is 0 Å². The molecule has 5 fully saturated rings. The van der Waals surface area contributed by atoms with Crippen molar-refractivity contribution in [1.82, 2.24) is 0 Å². The van der Waals surface area contributed by atoms with Gasteiger partial charge in [-0.05, 0) is 116 Å². The molecule has 0 radical (unpaired) electrons. The summed E-state index contributed by atoms with van der Waals surface area (Å²) in [6, 6.07) is 0. The average Bonchev–Trinajstić information content (AvgIpc) is 3.28. The molecule has 0 aromatic heterocycles. The molecule has 10 unspecified atom stereocenters. The lowest BCUT2D eigenvalue weighted by Crippen LogP contribution is -2.50. The minimum Gasteiger partial charge on any atom is -0.373 e. The standard InChI is InChI=1S/C39H58O4/c1-25-11-15-32-29(10-8-17-37(32,3)4)28(25)14-13-27(22-40)20-34-30(23-41)31(24-42)35(43-34)21-33-26(2)12-16-36-38(5,6)18-9-19-39(33,36)7/h13,22-24,28-36H,1-2,8-12,14-21H2,3-7H3. The Morgan fingerprint density at radius 3 is 2.21 bits per heavy atom. The summed E-state index contributed by atoms with van der Waals surface area (Å²) in [7, 11) is 0. The van der Waals surface area contributed by atoms with Crippen LogP contribution in [0.1, 0.15) is 118 Å².